The zero-order valence-electron chi connectivity index (χ0n) is 9.53. The van der Waals surface area contributed by atoms with Crippen LogP contribution in [0.2, 0.25) is 0 Å². The summed E-state index contributed by atoms with van der Waals surface area (Å²) >= 11 is 0. The number of nitrogens with zero attached hydrogens (tertiary/aromatic N) is 1. The van der Waals surface area contributed by atoms with Gasteiger partial charge in [-0.3, -0.25) is 14.5 Å². The summed E-state index contributed by atoms with van der Waals surface area (Å²) in [5.41, 5.74) is 0.323. The summed E-state index contributed by atoms with van der Waals surface area (Å²) in [6.45, 7) is 1.22. The lowest BCUT2D eigenvalue weighted by Gasteiger charge is -2.24. The first-order valence-corrected chi connectivity index (χ1v) is 5.33. The SMILES string of the molecule is C[C@@H](O)[C@H](C(=O)O)N1C(=O)c2ccccc2C1=O. The molecule has 0 aromatic heterocycles. The highest BCUT2D eigenvalue weighted by atomic mass is 16.4. The molecule has 1 heterocycles. The number of aliphatic hydroxyl groups excluding tert-OH is 1. The van der Waals surface area contributed by atoms with Gasteiger partial charge in [-0.25, -0.2) is 4.79 Å². The molecule has 1 aromatic carbocycles. The summed E-state index contributed by atoms with van der Waals surface area (Å²) in [6.07, 6.45) is -1.34. The van der Waals surface area contributed by atoms with Gasteiger partial charge in [-0.1, -0.05) is 12.1 Å². The van der Waals surface area contributed by atoms with Gasteiger partial charge in [-0.05, 0) is 19.1 Å². The number of carboxylic acids is 1. The summed E-state index contributed by atoms with van der Waals surface area (Å²) in [5.74, 6) is -2.80. The van der Waals surface area contributed by atoms with Crippen LogP contribution >= 0.6 is 0 Å². The summed E-state index contributed by atoms with van der Waals surface area (Å²) in [5, 5.41) is 18.4. The van der Waals surface area contributed by atoms with Crippen molar-refractivity contribution in [3.05, 3.63) is 35.4 Å². The maximum absolute atomic E-state index is 12.0. The van der Waals surface area contributed by atoms with Crippen molar-refractivity contribution in [2.75, 3.05) is 0 Å². The Balaban J connectivity index is 2.47. The quantitative estimate of drug-likeness (QED) is 0.742. The van der Waals surface area contributed by atoms with E-state index in [1.807, 2.05) is 0 Å². The number of aliphatic hydroxyl groups is 1. The summed E-state index contributed by atoms with van der Waals surface area (Å²) in [4.78, 5) is 35.6. The largest absolute Gasteiger partial charge is 0.480 e. The Hall–Kier alpha value is -2.21. The summed E-state index contributed by atoms with van der Waals surface area (Å²) in [6, 6.07) is 4.52. The smallest absolute Gasteiger partial charge is 0.329 e. The molecular formula is C12H11NO5. The molecule has 0 unspecified atom stereocenters. The first-order valence-electron chi connectivity index (χ1n) is 5.33. The molecule has 2 atom stereocenters. The molecule has 2 N–H and O–H groups in total. The Morgan fingerprint density at radius 2 is 1.61 bits per heavy atom. The van der Waals surface area contributed by atoms with E-state index in [1.165, 1.54) is 19.1 Å². The molecule has 1 aliphatic rings. The molecule has 0 saturated heterocycles. The Labute approximate surface area is 102 Å². The second kappa shape index (κ2) is 4.23. The van der Waals surface area contributed by atoms with Crippen LogP contribution < -0.4 is 0 Å². The van der Waals surface area contributed by atoms with Gasteiger partial charge in [-0.15, -0.1) is 0 Å². The van der Waals surface area contributed by atoms with Gasteiger partial charge in [0.15, 0.2) is 6.04 Å². The number of carboxylic acid groups (broad SMARTS) is 1. The number of aliphatic carboxylic acids is 1. The van der Waals surface area contributed by atoms with Crippen LogP contribution in [0.1, 0.15) is 27.6 Å². The Bertz CT molecular complexity index is 502. The lowest BCUT2D eigenvalue weighted by Crippen LogP contribution is -2.50. The van der Waals surface area contributed by atoms with Gasteiger partial charge in [-0.2, -0.15) is 0 Å². The fourth-order valence-corrected chi connectivity index (χ4v) is 1.99. The van der Waals surface area contributed by atoms with Crippen molar-refractivity contribution in [1.29, 1.82) is 0 Å². The maximum Gasteiger partial charge on any atom is 0.329 e. The Morgan fingerprint density at radius 1 is 1.17 bits per heavy atom. The third-order valence-corrected chi connectivity index (χ3v) is 2.81. The zero-order chi connectivity index (χ0) is 13.4. The standard InChI is InChI=1S/C12H11NO5/c1-6(14)9(12(17)18)13-10(15)7-4-2-3-5-8(7)11(13)16/h2-6,9,14H,1H3,(H,17,18)/t6-,9-/m1/s1. The maximum atomic E-state index is 12.0. The van der Waals surface area contributed by atoms with Crippen molar-refractivity contribution >= 4 is 17.8 Å². The van der Waals surface area contributed by atoms with Crippen LogP contribution in [0.25, 0.3) is 0 Å². The van der Waals surface area contributed by atoms with E-state index >= 15 is 0 Å². The Morgan fingerprint density at radius 3 is 1.94 bits per heavy atom. The second-order valence-electron chi connectivity index (χ2n) is 4.05. The average molecular weight is 249 g/mol. The van der Waals surface area contributed by atoms with Crippen molar-refractivity contribution in [2.45, 2.75) is 19.1 Å². The molecule has 18 heavy (non-hydrogen) atoms. The van der Waals surface area contributed by atoms with Gasteiger partial charge >= 0.3 is 5.97 Å². The van der Waals surface area contributed by atoms with Gasteiger partial charge in [0.2, 0.25) is 0 Å². The van der Waals surface area contributed by atoms with Crippen LogP contribution in [0.4, 0.5) is 0 Å². The average Bonchev–Trinajstić information content (AvgIpc) is 2.55. The highest BCUT2D eigenvalue weighted by Crippen LogP contribution is 2.25. The molecule has 0 bridgehead atoms. The summed E-state index contributed by atoms with van der Waals surface area (Å²) < 4.78 is 0. The number of hydrogen-bond acceptors (Lipinski definition) is 4. The molecule has 0 radical (unpaired) electrons. The molecular weight excluding hydrogens is 238 g/mol. The number of carbonyl (C=O) groups is 3. The molecule has 1 aliphatic heterocycles. The van der Waals surface area contributed by atoms with Crippen LogP contribution in [-0.2, 0) is 4.79 Å². The molecule has 94 valence electrons. The molecule has 2 amide bonds. The number of fused-ring (bicyclic) bond motifs is 1. The van der Waals surface area contributed by atoms with Gasteiger partial charge in [0.05, 0.1) is 17.2 Å². The van der Waals surface area contributed by atoms with E-state index in [9.17, 15) is 19.5 Å². The van der Waals surface area contributed by atoms with E-state index in [-0.39, 0.29) is 11.1 Å². The van der Waals surface area contributed by atoms with Crippen LogP contribution in [-0.4, -0.2) is 45.0 Å². The Kier molecular flexibility index (Phi) is 2.88. The monoisotopic (exact) mass is 249 g/mol. The van der Waals surface area contributed by atoms with E-state index in [0.29, 0.717) is 4.90 Å². The van der Waals surface area contributed by atoms with Crippen molar-refractivity contribution in [3.63, 3.8) is 0 Å². The van der Waals surface area contributed by atoms with Crippen LogP contribution in [0, 0.1) is 0 Å². The highest BCUT2D eigenvalue weighted by molar-refractivity contribution is 6.22. The predicted molar refractivity (Wildman–Crippen MR) is 60.0 cm³/mol. The minimum absolute atomic E-state index is 0.161. The molecule has 1 aromatic rings. The van der Waals surface area contributed by atoms with Crippen molar-refractivity contribution in [2.24, 2.45) is 0 Å². The van der Waals surface area contributed by atoms with Crippen LogP contribution in [0.3, 0.4) is 0 Å². The second-order valence-corrected chi connectivity index (χ2v) is 4.05. The van der Waals surface area contributed by atoms with Crippen molar-refractivity contribution in [1.82, 2.24) is 4.90 Å². The van der Waals surface area contributed by atoms with Crippen molar-refractivity contribution in [3.8, 4) is 0 Å². The van der Waals surface area contributed by atoms with Crippen molar-refractivity contribution < 1.29 is 24.6 Å². The predicted octanol–water partition coefficient (Wildman–Crippen LogP) is 0.117. The first-order chi connectivity index (χ1) is 8.45. The highest BCUT2D eigenvalue weighted by Gasteiger charge is 2.44. The molecule has 6 heteroatoms. The van der Waals surface area contributed by atoms with Gasteiger partial charge < -0.3 is 10.2 Å². The molecule has 0 fully saturated rings. The number of hydrogen-bond donors (Lipinski definition) is 2. The molecule has 0 saturated carbocycles. The minimum atomic E-state index is -1.57. The number of imide groups is 1. The van der Waals surface area contributed by atoms with Crippen LogP contribution in [0.5, 0.6) is 0 Å². The van der Waals surface area contributed by atoms with Gasteiger partial charge in [0.1, 0.15) is 0 Å². The third-order valence-electron chi connectivity index (χ3n) is 2.81. The zero-order valence-corrected chi connectivity index (χ0v) is 9.53. The normalized spacial score (nSPS) is 17.6. The lowest BCUT2D eigenvalue weighted by molar-refractivity contribution is -0.145. The fraction of sp³-hybridized carbons (Fsp3) is 0.250. The number of amides is 2. The van der Waals surface area contributed by atoms with E-state index < -0.39 is 29.9 Å². The van der Waals surface area contributed by atoms with E-state index in [4.69, 9.17) is 5.11 Å². The molecule has 0 aliphatic carbocycles. The van der Waals surface area contributed by atoms with E-state index in [2.05, 4.69) is 0 Å². The minimum Gasteiger partial charge on any atom is -0.480 e. The summed E-state index contributed by atoms with van der Waals surface area (Å²) in [7, 11) is 0. The van der Waals surface area contributed by atoms with Gasteiger partial charge in [0.25, 0.3) is 11.8 Å². The molecule has 6 nitrogen and oxygen atoms in total. The first kappa shape index (κ1) is 12.3. The fourth-order valence-electron chi connectivity index (χ4n) is 1.99. The van der Waals surface area contributed by atoms with Gasteiger partial charge in [0, 0.05) is 0 Å². The number of benzene rings is 1. The topological polar surface area (TPSA) is 94.9 Å². The van der Waals surface area contributed by atoms with Crippen LogP contribution in [0.15, 0.2) is 24.3 Å². The molecule has 2 rings (SSSR count). The van der Waals surface area contributed by atoms with E-state index in [1.54, 1.807) is 12.1 Å². The molecule has 0 spiro atoms. The number of rotatable bonds is 3. The lowest BCUT2D eigenvalue weighted by atomic mass is 10.1. The number of carbonyl (C=O) groups excluding carboxylic acids is 2. The third kappa shape index (κ3) is 1.67. The van der Waals surface area contributed by atoms with E-state index in [0.717, 1.165) is 0 Å².